The van der Waals surface area contributed by atoms with Gasteiger partial charge in [0.2, 0.25) is 11.8 Å². The van der Waals surface area contributed by atoms with Gasteiger partial charge in [-0.25, -0.2) is 0 Å². The van der Waals surface area contributed by atoms with Gasteiger partial charge in [-0.05, 0) is 50.7 Å². The molecule has 0 aliphatic carbocycles. The van der Waals surface area contributed by atoms with E-state index in [1.165, 1.54) is 0 Å². The van der Waals surface area contributed by atoms with Crippen molar-refractivity contribution in [3.63, 3.8) is 0 Å². The summed E-state index contributed by atoms with van der Waals surface area (Å²) in [6, 6.07) is 19.2. The Hall–Kier alpha value is -3.60. The molecule has 2 heterocycles. The predicted octanol–water partition coefficient (Wildman–Crippen LogP) is 2.45. The zero-order valence-corrected chi connectivity index (χ0v) is 24.0. The van der Waals surface area contributed by atoms with Crippen molar-refractivity contribution in [1.29, 1.82) is 0 Å². The highest BCUT2D eigenvalue weighted by Crippen LogP contribution is 2.37. The van der Waals surface area contributed by atoms with E-state index in [-0.39, 0.29) is 25.0 Å². The number of aryl methyl sites for hydroxylation is 1. The van der Waals surface area contributed by atoms with Crippen LogP contribution in [0, 0.1) is 5.41 Å². The lowest BCUT2D eigenvalue weighted by Crippen LogP contribution is -2.51. The Kier molecular flexibility index (Phi) is 10.3. The molecule has 2 amide bonds. The number of nitrogens with two attached hydrogens (primary N) is 1. The minimum absolute atomic E-state index is 0.0337. The molecule has 3 aromatic rings. The fraction of sp³-hybridized carbons (Fsp3) is 0.484. The maximum absolute atomic E-state index is 13.8. The molecule has 0 bridgehead atoms. The summed E-state index contributed by atoms with van der Waals surface area (Å²) in [5.41, 5.74) is 6.35. The fourth-order valence-corrected chi connectivity index (χ4v) is 5.11. The number of rotatable bonds is 14. The zero-order chi connectivity index (χ0) is 29.3. The van der Waals surface area contributed by atoms with Crippen LogP contribution in [0.2, 0.25) is 0 Å². The number of nitrogens with zero attached hydrogens (tertiary/aromatic N) is 3. The van der Waals surface area contributed by atoms with Crippen LogP contribution in [-0.4, -0.2) is 57.0 Å². The van der Waals surface area contributed by atoms with Crippen molar-refractivity contribution in [2.75, 3.05) is 19.8 Å². The van der Waals surface area contributed by atoms with E-state index >= 15 is 0 Å². The zero-order valence-electron chi connectivity index (χ0n) is 24.0. The van der Waals surface area contributed by atoms with Crippen LogP contribution in [0.25, 0.3) is 0 Å². The summed E-state index contributed by atoms with van der Waals surface area (Å²) in [5, 5.41) is 24.2. The smallest absolute Gasteiger partial charge is 0.240 e. The van der Waals surface area contributed by atoms with E-state index in [9.17, 15) is 9.59 Å². The average Bonchev–Trinajstić information content (AvgIpc) is 3.38. The number of carbonyl (C=O) groups excluding carboxylic acids is 2. The Labute approximate surface area is 241 Å². The molecule has 41 heavy (non-hydrogen) atoms. The maximum atomic E-state index is 13.8. The molecule has 0 radical (unpaired) electrons. The van der Waals surface area contributed by atoms with Crippen molar-refractivity contribution < 1.29 is 19.4 Å². The number of amides is 2. The molecule has 2 aromatic carbocycles. The molecule has 0 fully saturated rings. The molecule has 220 valence electrons. The molecule has 5 N–H and O–H groups in total. The van der Waals surface area contributed by atoms with Crippen molar-refractivity contribution in [2.24, 2.45) is 11.1 Å². The highest BCUT2D eigenvalue weighted by molar-refractivity contribution is 5.85. The second-order valence-electron chi connectivity index (χ2n) is 11.4. The van der Waals surface area contributed by atoms with Crippen LogP contribution in [0.1, 0.15) is 61.9 Å². The summed E-state index contributed by atoms with van der Waals surface area (Å²) in [6.07, 6.45) is 3.07. The molecule has 2 atom stereocenters. The van der Waals surface area contributed by atoms with Gasteiger partial charge >= 0.3 is 0 Å². The second kappa shape index (κ2) is 13.8. The maximum Gasteiger partial charge on any atom is 0.240 e. The Balaban J connectivity index is 1.61. The quantitative estimate of drug-likeness (QED) is 0.221. The number of benzene rings is 2. The number of ether oxygens (including phenoxy) is 1. The number of fused-ring (bicyclic) bond motifs is 1. The average molecular weight is 563 g/mol. The number of hydrogen-bond donors (Lipinski definition) is 4. The van der Waals surface area contributed by atoms with Crippen molar-refractivity contribution in [2.45, 2.75) is 70.7 Å². The second-order valence-corrected chi connectivity index (χ2v) is 11.4. The highest BCUT2D eigenvalue weighted by Gasteiger charge is 2.43. The Morgan fingerprint density at radius 2 is 1.76 bits per heavy atom. The van der Waals surface area contributed by atoms with Gasteiger partial charge in [-0.15, -0.1) is 10.2 Å². The summed E-state index contributed by atoms with van der Waals surface area (Å²) in [5.74, 6) is 0.937. The molecule has 10 heteroatoms. The topological polar surface area (TPSA) is 144 Å². The number of nitrogens with one attached hydrogen (secondary N) is 2. The largest absolute Gasteiger partial charge is 0.396 e. The molecule has 0 saturated heterocycles. The third kappa shape index (κ3) is 8.00. The molecule has 0 saturated carbocycles. The van der Waals surface area contributed by atoms with Crippen molar-refractivity contribution >= 4 is 11.8 Å². The lowest BCUT2D eigenvalue weighted by Gasteiger charge is -2.37. The van der Waals surface area contributed by atoms with Gasteiger partial charge in [0.25, 0.3) is 0 Å². The lowest BCUT2D eigenvalue weighted by molar-refractivity contribution is -0.133. The summed E-state index contributed by atoms with van der Waals surface area (Å²) in [6.45, 7) is 4.78. The van der Waals surface area contributed by atoms with Gasteiger partial charge in [0.15, 0.2) is 5.82 Å². The van der Waals surface area contributed by atoms with E-state index in [0.717, 1.165) is 17.0 Å². The molecule has 1 aliphatic rings. The number of hydrogen-bond acceptors (Lipinski definition) is 7. The molecule has 4 rings (SSSR count). The van der Waals surface area contributed by atoms with Gasteiger partial charge in [-0.2, -0.15) is 0 Å². The van der Waals surface area contributed by atoms with E-state index in [0.29, 0.717) is 57.6 Å². The van der Waals surface area contributed by atoms with Crippen molar-refractivity contribution in [3.05, 3.63) is 83.4 Å². The molecule has 0 spiro atoms. The van der Waals surface area contributed by atoms with E-state index in [1.807, 2.05) is 65.2 Å². The number of unbranched alkanes of at least 4 members (excludes halogenated alkanes) is 1. The Bertz CT molecular complexity index is 1270. The van der Waals surface area contributed by atoms with Gasteiger partial charge in [-0.3, -0.25) is 9.59 Å². The van der Waals surface area contributed by atoms with Crippen LogP contribution in [0.4, 0.5) is 0 Å². The first-order chi connectivity index (χ1) is 19.7. The van der Waals surface area contributed by atoms with Crippen molar-refractivity contribution in [1.82, 2.24) is 25.4 Å². The third-order valence-corrected chi connectivity index (χ3v) is 7.48. The standard InChI is InChI=1S/C31H42N6O4/c1-30(2,32)28(39)34-25(21-41-20-24-13-7-4-8-14-24)27-36-35-26-15-16-31(22-37(26)27,19-23-11-5-3-6-12-23)29(40)33-17-9-10-18-38/h3-8,11-14,25,38H,9-10,15-22,32H2,1-2H3,(H,33,40)(H,34,39)/t25-,31?/m1/s1. The molecular formula is C31H42N6O4. The normalized spacial score (nSPS) is 17.5. The van der Waals surface area contributed by atoms with Crippen LogP contribution in [0.15, 0.2) is 60.7 Å². The molecule has 1 unspecified atom stereocenters. The fourth-order valence-electron chi connectivity index (χ4n) is 5.11. The number of carbonyl (C=O) groups is 2. The van der Waals surface area contributed by atoms with Crippen molar-refractivity contribution in [3.8, 4) is 0 Å². The highest BCUT2D eigenvalue weighted by atomic mass is 16.5. The monoisotopic (exact) mass is 562 g/mol. The van der Waals surface area contributed by atoms with Crippen LogP contribution in [0.3, 0.4) is 0 Å². The van der Waals surface area contributed by atoms with Gasteiger partial charge < -0.3 is 30.8 Å². The molecule has 1 aromatic heterocycles. The molecular weight excluding hydrogens is 520 g/mol. The molecule has 10 nitrogen and oxygen atoms in total. The Morgan fingerprint density at radius 3 is 2.41 bits per heavy atom. The molecule has 1 aliphatic heterocycles. The summed E-state index contributed by atoms with van der Waals surface area (Å²) in [7, 11) is 0. The number of aromatic nitrogens is 3. The predicted molar refractivity (Wildman–Crippen MR) is 155 cm³/mol. The minimum atomic E-state index is -1.10. The van der Waals surface area contributed by atoms with Gasteiger partial charge in [-0.1, -0.05) is 60.7 Å². The number of aliphatic hydroxyl groups excluding tert-OH is 1. The minimum Gasteiger partial charge on any atom is -0.396 e. The summed E-state index contributed by atoms with van der Waals surface area (Å²) in [4.78, 5) is 26.8. The first-order valence-corrected chi connectivity index (χ1v) is 14.3. The van der Waals surface area contributed by atoms with E-state index in [1.54, 1.807) is 13.8 Å². The summed E-state index contributed by atoms with van der Waals surface area (Å²) < 4.78 is 8.02. The van der Waals surface area contributed by atoms with Gasteiger partial charge in [0, 0.05) is 26.1 Å². The van der Waals surface area contributed by atoms with E-state index in [2.05, 4.69) is 20.8 Å². The van der Waals surface area contributed by atoms with Crippen LogP contribution in [0.5, 0.6) is 0 Å². The Morgan fingerprint density at radius 1 is 1.07 bits per heavy atom. The first-order valence-electron chi connectivity index (χ1n) is 14.3. The van der Waals surface area contributed by atoms with Crippen LogP contribution < -0.4 is 16.4 Å². The SMILES string of the molecule is CC(C)(N)C(=O)N[C@H](COCc1ccccc1)c1nnc2n1CC(Cc1ccccc1)(C(=O)NCCCCO)CC2. The van der Waals surface area contributed by atoms with Crippen LogP contribution in [-0.2, 0) is 40.3 Å². The summed E-state index contributed by atoms with van der Waals surface area (Å²) >= 11 is 0. The van der Waals surface area contributed by atoms with Gasteiger partial charge in [0.1, 0.15) is 11.9 Å². The number of aliphatic hydroxyl groups is 1. The van der Waals surface area contributed by atoms with E-state index < -0.39 is 17.0 Å². The van der Waals surface area contributed by atoms with Crippen LogP contribution >= 0.6 is 0 Å². The lowest BCUT2D eigenvalue weighted by atomic mass is 9.74. The van der Waals surface area contributed by atoms with Gasteiger partial charge in [0.05, 0.1) is 24.2 Å². The first kappa shape index (κ1) is 30.4. The third-order valence-electron chi connectivity index (χ3n) is 7.48. The van der Waals surface area contributed by atoms with E-state index in [4.69, 9.17) is 15.6 Å².